The summed E-state index contributed by atoms with van der Waals surface area (Å²) in [4.78, 5) is 16.6. The van der Waals surface area contributed by atoms with Crippen LogP contribution in [-0.2, 0) is 5.41 Å². The van der Waals surface area contributed by atoms with Crippen molar-refractivity contribution in [3.8, 4) is 0 Å². The maximum absolute atomic E-state index is 11.1. The molecule has 0 saturated carbocycles. The van der Waals surface area contributed by atoms with Gasteiger partial charge in [0, 0.05) is 12.5 Å². The Morgan fingerprint density at radius 3 is 2.44 bits per heavy atom. The molecule has 2 N–H and O–H groups in total. The van der Waals surface area contributed by atoms with Crippen LogP contribution >= 0.6 is 11.3 Å². The fraction of sp³-hybridized carbons (Fsp3) is 0.583. The second-order valence-electron chi connectivity index (χ2n) is 5.07. The summed E-state index contributed by atoms with van der Waals surface area (Å²) in [7, 11) is 1.55. The lowest BCUT2D eigenvalue weighted by Gasteiger charge is -2.13. The molecule has 0 radical (unpaired) electrons. The standard InChI is InChI=1S/C12H20N4OS/c1-7-9(8(2)15-16-11(17)13-6)18-10(14-7)12(3,4)5/h1-6H3,(H2,13,16,17). The molecule has 2 amide bonds. The van der Waals surface area contributed by atoms with E-state index in [0.29, 0.717) is 0 Å². The minimum atomic E-state index is -0.326. The van der Waals surface area contributed by atoms with Gasteiger partial charge in [-0.05, 0) is 13.8 Å². The van der Waals surface area contributed by atoms with E-state index in [1.165, 1.54) is 0 Å². The lowest BCUT2D eigenvalue weighted by atomic mass is 9.98. The molecule has 6 heteroatoms. The monoisotopic (exact) mass is 268 g/mol. The van der Waals surface area contributed by atoms with Crippen molar-refractivity contribution in [2.24, 2.45) is 5.10 Å². The number of hydrogen-bond acceptors (Lipinski definition) is 4. The molecule has 0 fully saturated rings. The lowest BCUT2D eigenvalue weighted by Crippen LogP contribution is -2.29. The summed E-state index contributed by atoms with van der Waals surface area (Å²) < 4.78 is 0. The normalized spacial score (nSPS) is 12.4. The van der Waals surface area contributed by atoms with E-state index in [1.54, 1.807) is 18.4 Å². The van der Waals surface area contributed by atoms with Crippen molar-refractivity contribution >= 4 is 23.1 Å². The Bertz CT molecular complexity index is 471. The second kappa shape index (κ2) is 5.48. The number of aromatic nitrogens is 1. The Labute approximate surface area is 112 Å². The summed E-state index contributed by atoms with van der Waals surface area (Å²) in [6, 6.07) is -0.326. The predicted octanol–water partition coefficient (Wildman–Crippen LogP) is 2.40. The minimum Gasteiger partial charge on any atom is -0.340 e. The van der Waals surface area contributed by atoms with Gasteiger partial charge in [0.05, 0.1) is 21.3 Å². The maximum Gasteiger partial charge on any atom is 0.334 e. The fourth-order valence-electron chi connectivity index (χ4n) is 1.29. The van der Waals surface area contributed by atoms with Crippen molar-refractivity contribution in [2.75, 3.05) is 7.05 Å². The Morgan fingerprint density at radius 1 is 1.39 bits per heavy atom. The average Bonchev–Trinajstić information content (AvgIpc) is 2.67. The number of hydrogen-bond donors (Lipinski definition) is 2. The molecule has 0 aromatic carbocycles. The summed E-state index contributed by atoms with van der Waals surface area (Å²) in [6.45, 7) is 10.2. The second-order valence-corrected chi connectivity index (χ2v) is 6.07. The van der Waals surface area contributed by atoms with Gasteiger partial charge in [-0.15, -0.1) is 11.3 Å². The van der Waals surface area contributed by atoms with Gasteiger partial charge in [0.1, 0.15) is 0 Å². The molecule has 0 aliphatic carbocycles. The largest absolute Gasteiger partial charge is 0.340 e. The number of nitrogens with one attached hydrogen (secondary N) is 2. The van der Waals surface area contributed by atoms with Crippen LogP contribution < -0.4 is 10.7 Å². The van der Waals surface area contributed by atoms with Crippen LogP contribution in [0.2, 0.25) is 0 Å². The first-order valence-electron chi connectivity index (χ1n) is 5.76. The van der Waals surface area contributed by atoms with E-state index in [2.05, 4.69) is 41.6 Å². The van der Waals surface area contributed by atoms with Gasteiger partial charge in [-0.3, -0.25) is 0 Å². The minimum absolute atomic E-state index is 0.0299. The summed E-state index contributed by atoms with van der Waals surface area (Å²) in [6.07, 6.45) is 0. The van der Waals surface area contributed by atoms with Gasteiger partial charge in [-0.25, -0.2) is 15.2 Å². The third-order valence-electron chi connectivity index (χ3n) is 2.32. The molecule has 1 rings (SSSR count). The van der Waals surface area contributed by atoms with Gasteiger partial charge in [0.15, 0.2) is 0 Å². The van der Waals surface area contributed by atoms with E-state index < -0.39 is 0 Å². The SMILES string of the molecule is CNC(=O)NN=C(C)c1sc(C(C)(C)C)nc1C. The summed E-state index contributed by atoms with van der Waals surface area (Å²) in [5.41, 5.74) is 4.17. The van der Waals surface area contributed by atoms with Crippen LogP contribution in [0.4, 0.5) is 4.79 Å². The molecule has 1 aromatic heterocycles. The van der Waals surface area contributed by atoms with Gasteiger partial charge < -0.3 is 5.32 Å². The van der Waals surface area contributed by atoms with Gasteiger partial charge >= 0.3 is 6.03 Å². The molecular formula is C12H20N4OS. The van der Waals surface area contributed by atoms with E-state index in [-0.39, 0.29) is 11.4 Å². The van der Waals surface area contributed by atoms with Crippen LogP contribution in [0.3, 0.4) is 0 Å². The molecule has 0 aliphatic rings. The number of aryl methyl sites for hydroxylation is 1. The van der Waals surface area contributed by atoms with E-state index in [0.717, 1.165) is 21.3 Å². The number of rotatable bonds is 2. The smallest absolute Gasteiger partial charge is 0.334 e. The molecule has 0 saturated heterocycles. The van der Waals surface area contributed by atoms with Crippen molar-refractivity contribution in [1.82, 2.24) is 15.7 Å². The van der Waals surface area contributed by atoms with E-state index >= 15 is 0 Å². The maximum atomic E-state index is 11.1. The predicted molar refractivity (Wildman–Crippen MR) is 75.4 cm³/mol. The first-order valence-corrected chi connectivity index (χ1v) is 6.57. The number of carbonyl (C=O) groups excluding carboxylic acids is 1. The van der Waals surface area contributed by atoms with E-state index in [4.69, 9.17) is 0 Å². The molecular weight excluding hydrogens is 248 g/mol. The molecule has 0 unspecified atom stereocenters. The third-order valence-corrected chi connectivity index (χ3v) is 4.01. The molecule has 100 valence electrons. The van der Waals surface area contributed by atoms with Crippen molar-refractivity contribution in [3.05, 3.63) is 15.6 Å². The summed E-state index contributed by atoms with van der Waals surface area (Å²) in [5, 5.41) is 7.57. The first-order chi connectivity index (χ1) is 8.25. The number of thiazole rings is 1. The van der Waals surface area contributed by atoms with Gasteiger partial charge in [-0.1, -0.05) is 20.8 Å². The molecule has 0 atom stereocenters. The number of carbonyl (C=O) groups is 1. The summed E-state index contributed by atoms with van der Waals surface area (Å²) in [5.74, 6) is 0. The number of hydrazone groups is 1. The van der Waals surface area contributed by atoms with Crippen LogP contribution in [-0.4, -0.2) is 23.8 Å². The van der Waals surface area contributed by atoms with E-state index in [9.17, 15) is 4.79 Å². The van der Waals surface area contributed by atoms with Crippen molar-refractivity contribution in [2.45, 2.75) is 40.0 Å². The zero-order valence-electron chi connectivity index (χ0n) is 11.7. The average molecular weight is 268 g/mol. The van der Waals surface area contributed by atoms with Crippen molar-refractivity contribution in [3.63, 3.8) is 0 Å². The van der Waals surface area contributed by atoms with Gasteiger partial charge in [-0.2, -0.15) is 5.10 Å². The highest BCUT2D eigenvalue weighted by Gasteiger charge is 2.21. The molecule has 18 heavy (non-hydrogen) atoms. The number of amides is 2. The highest BCUT2D eigenvalue weighted by atomic mass is 32.1. The molecule has 1 aromatic rings. The zero-order chi connectivity index (χ0) is 13.9. The molecule has 0 spiro atoms. The van der Waals surface area contributed by atoms with Crippen molar-refractivity contribution in [1.29, 1.82) is 0 Å². The Morgan fingerprint density at radius 2 is 2.00 bits per heavy atom. The van der Waals surface area contributed by atoms with Crippen LogP contribution in [0, 0.1) is 6.92 Å². The van der Waals surface area contributed by atoms with Gasteiger partial charge in [0.25, 0.3) is 0 Å². The van der Waals surface area contributed by atoms with Crippen LogP contribution in [0.15, 0.2) is 5.10 Å². The lowest BCUT2D eigenvalue weighted by molar-refractivity contribution is 0.243. The highest BCUT2D eigenvalue weighted by molar-refractivity contribution is 7.14. The van der Waals surface area contributed by atoms with Crippen LogP contribution in [0.25, 0.3) is 0 Å². The molecule has 1 heterocycles. The topological polar surface area (TPSA) is 66.4 Å². The van der Waals surface area contributed by atoms with Crippen LogP contribution in [0.1, 0.15) is 43.3 Å². The molecule has 0 bridgehead atoms. The van der Waals surface area contributed by atoms with Crippen LogP contribution in [0.5, 0.6) is 0 Å². The Hall–Kier alpha value is -1.43. The fourth-order valence-corrected chi connectivity index (χ4v) is 2.36. The first kappa shape index (κ1) is 14.6. The Kier molecular flexibility index (Phi) is 4.45. The third kappa shape index (κ3) is 3.53. The number of nitrogens with zero attached hydrogens (tertiary/aromatic N) is 2. The molecule has 0 aliphatic heterocycles. The zero-order valence-corrected chi connectivity index (χ0v) is 12.5. The number of urea groups is 1. The van der Waals surface area contributed by atoms with Gasteiger partial charge in [0.2, 0.25) is 0 Å². The molecule has 5 nitrogen and oxygen atoms in total. The van der Waals surface area contributed by atoms with E-state index in [1.807, 2.05) is 13.8 Å². The Balaban J connectivity index is 2.96. The summed E-state index contributed by atoms with van der Waals surface area (Å²) >= 11 is 1.62. The highest BCUT2D eigenvalue weighted by Crippen LogP contribution is 2.29. The quantitative estimate of drug-likeness (QED) is 0.639. The van der Waals surface area contributed by atoms with Crippen molar-refractivity contribution < 1.29 is 4.79 Å².